The molecule has 0 spiro atoms. The molecule has 0 atom stereocenters. The molecule has 1 heterocycles. The maximum Gasteiger partial charge on any atom is 0.300 e. The molecule has 12 nitrogen and oxygen atoms in total. The van der Waals surface area contributed by atoms with Crippen LogP contribution in [0.4, 0.5) is 22.7 Å². The number of aromatic nitrogens is 2. The number of rotatable bonds is 7. The van der Waals surface area contributed by atoms with E-state index in [4.69, 9.17) is 4.74 Å². The minimum Gasteiger partial charge on any atom is -0.496 e. The van der Waals surface area contributed by atoms with Gasteiger partial charge in [0.05, 0.1) is 34.4 Å². The lowest BCUT2D eigenvalue weighted by atomic mass is 10.1. The number of hydrogen-bond donors (Lipinski definition) is 1. The third kappa shape index (κ3) is 4.27. The Labute approximate surface area is 191 Å². The fourth-order valence-electron chi connectivity index (χ4n) is 3.20. The monoisotopic (exact) mass is 460 g/mol. The summed E-state index contributed by atoms with van der Waals surface area (Å²) in [6, 6.07) is 18.2. The van der Waals surface area contributed by atoms with Gasteiger partial charge in [0.25, 0.3) is 16.9 Å². The zero-order valence-electron chi connectivity index (χ0n) is 17.6. The Bertz CT molecular complexity index is 1460. The Morgan fingerprint density at radius 3 is 2.24 bits per heavy atom. The molecule has 3 aromatic carbocycles. The number of azo groups is 1. The molecule has 0 aliphatic carbocycles. The van der Waals surface area contributed by atoms with Crippen molar-refractivity contribution in [3.8, 4) is 22.7 Å². The number of non-ortho nitro benzene ring substituents is 1. The molecule has 0 fully saturated rings. The van der Waals surface area contributed by atoms with Crippen LogP contribution in [-0.4, -0.2) is 26.7 Å². The fourth-order valence-corrected chi connectivity index (χ4v) is 3.20. The number of nitrogens with zero attached hydrogens (tertiary/aromatic N) is 5. The highest BCUT2D eigenvalue weighted by atomic mass is 16.6. The molecule has 1 aromatic heterocycles. The van der Waals surface area contributed by atoms with Crippen molar-refractivity contribution in [2.24, 2.45) is 10.2 Å². The second-order valence-corrected chi connectivity index (χ2v) is 6.93. The van der Waals surface area contributed by atoms with Gasteiger partial charge in [-0.3, -0.25) is 30.1 Å². The summed E-state index contributed by atoms with van der Waals surface area (Å²) >= 11 is 0. The SMILES string of the molecule is COc1ccc(N=Nc2c(-c3ccc([N+](=O)[O-])cc3)[nH]n(-c3ccccc3)c2=O)c([N+](=O)[O-])c1. The zero-order chi connectivity index (χ0) is 24.2. The summed E-state index contributed by atoms with van der Waals surface area (Å²) in [5.41, 5.74) is -0.0223. The van der Waals surface area contributed by atoms with Crippen LogP contribution in [0.2, 0.25) is 0 Å². The summed E-state index contributed by atoms with van der Waals surface area (Å²) < 4.78 is 6.26. The van der Waals surface area contributed by atoms with Crippen LogP contribution in [0.3, 0.4) is 0 Å². The van der Waals surface area contributed by atoms with Gasteiger partial charge in [0.15, 0.2) is 11.4 Å². The van der Waals surface area contributed by atoms with E-state index in [-0.39, 0.29) is 34.2 Å². The maximum atomic E-state index is 13.2. The summed E-state index contributed by atoms with van der Waals surface area (Å²) in [5, 5.41) is 33.4. The first-order chi connectivity index (χ1) is 16.4. The second kappa shape index (κ2) is 9.16. The van der Waals surface area contributed by atoms with E-state index in [1.54, 1.807) is 30.3 Å². The van der Waals surface area contributed by atoms with E-state index in [2.05, 4.69) is 15.3 Å². The third-order valence-electron chi connectivity index (χ3n) is 4.88. The Balaban J connectivity index is 1.86. The molecule has 12 heteroatoms. The van der Waals surface area contributed by atoms with Gasteiger partial charge < -0.3 is 4.74 Å². The molecule has 0 unspecified atom stereocenters. The molecule has 34 heavy (non-hydrogen) atoms. The van der Waals surface area contributed by atoms with Gasteiger partial charge in [0.1, 0.15) is 5.75 Å². The molecule has 0 saturated heterocycles. The Morgan fingerprint density at radius 1 is 0.912 bits per heavy atom. The van der Waals surface area contributed by atoms with Crippen molar-refractivity contribution in [3.05, 3.63) is 103 Å². The van der Waals surface area contributed by atoms with Crippen molar-refractivity contribution in [2.75, 3.05) is 7.11 Å². The van der Waals surface area contributed by atoms with Crippen molar-refractivity contribution >= 4 is 22.7 Å². The van der Waals surface area contributed by atoms with Crippen molar-refractivity contribution in [1.82, 2.24) is 9.78 Å². The summed E-state index contributed by atoms with van der Waals surface area (Å²) in [7, 11) is 1.38. The van der Waals surface area contributed by atoms with E-state index in [9.17, 15) is 25.0 Å². The van der Waals surface area contributed by atoms with Gasteiger partial charge in [0.2, 0.25) is 0 Å². The molecule has 1 N–H and O–H groups in total. The zero-order valence-corrected chi connectivity index (χ0v) is 17.6. The standard InChI is InChI=1S/C22H16N6O6/c1-34-17-11-12-18(19(13-17)28(32)33)23-24-21-20(14-7-9-16(10-8-14)27(30)31)25-26(22(21)29)15-5-3-2-4-6-15/h2-13,25H,1H3. The van der Waals surface area contributed by atoms with Gasteiger partial charge in [0, 0.05) is 17.7 Å². The van der Waals surface area contributed by atoms with E-state index >= 15 is 0 Å². The first-order valence-corrected chi connectivity index (χ1v) is 9.78. The Kier molecular flexibility index (Phi) is 5.95. The highest BCUT2D eigenvalue weighted by Gasteiger charge is 2.20. The molecule has 0 aliphatic rings. The van der Waals surface area contributed by atoms with Crippen LogP contribution in [0.1, 0.15) is 0 Å². The summed E-state index contributed by atoms with van der Waals surface area (Å²) in [6.45, 7) is 0. The minimum atomic E-state index is -0.631. The number of aromatic amines is 1. The van der Waals surface area contributed by atoms with Crippen molar-refractivity contribution < 1.29 is 14.6 Å². The Morgan fingerprint density at radius 2 is 1.62 bits per heavy atom. The molecule has 0 radical (unpaired) electrons. The predicted octanol–water partition coefficient (Wildman–Crippen LogP) is 5.07. The molecule has 0 bridgehead atoms. The number of nitro benzene ring substituents is 2. The van der Waals surface area contributed by atoms with Crippen LogP contribution in [-0.2, 0) is 0 Å². The third-order valence-corrected chi connectivity index (χ3v) is 4.88. The van der Waals surface area contributed by atoms with Gasteiger partial charge in [-0.1, -0.05) is 18.2 Å². The topological polar surface area (TPSA) is 158 Å². The molecule has 0 saturated carbocycles. The lowest BCUT2D eigenvalue weighted by Gasteiger charge is -2.02. The van der Waals surface area contributed by atoms with Gasteiger partial charge in [-0.25, -0.2) is 4.68 Å². The average Bonchev–Trinajstić information content (AvgIpc) is 3.19. The normalized spacial score (nSPS) is 11.0. The number of hydrogen-bond acceptors (Lipinski definition) is 8. The molecular formula is C22H16N6O6. The highest BCUT2D eigenvalue weighted by molar-refractivity contribution is 5.73. The Hall–Kier alpha value is -5.13. The molecular weight excluding hydrogens is 444 g/mol. The summed E-state index contributed by atoms with van der Waals surface area (Å²) in [4.78, 5) is 34.5. The summed E-state index contributed by atoms with van der Waals surface area (Å²) in [6.07, 6.45) is 0. The molecule has 170 valence electrons. The van der Waals surface area contributed by atoms with Crippen LogP contribution in [0.15, 0.2) is 87.8 Å². The molecule has 0 amide bonds. The first-order valence-electron chi connectivity index (χ1n) is 9.78. The van der Waals surface area contributed by atoms with Gasteiger partial charge >= 0.3 is 0 Å². The molecule has 4 rings (SSSR count). The number of ether oxygens (including phenoxy) is 1. The van der Waals surface area contributed by atoms with E-state index in [1.807, 2.05) is 0 Å². The lowest BCUT2D eigenvalue weighted by Crippen LogP contribution is -2.13. The molecule has 0 aliphatic heterocycles. The van der Waals surface area contributed by atoms with Crippen LogP contribution < -0.4 is 10.3 Å². The quantitative estimate of drug-likeness (QED) is 0.230. The van der Waals surface area contributed by atoms with Crippen LogP contribution in [0.5, 0.6) is 5.75 Å². The van der Waals surface area contributed by atoms with Crippen molar-refractivity contribution in [3.63, 3.8) is 0 Å². The predicted molar refractivity (Wildman–Crippen MR) is 122 cm³/mol. The van der Waals surface area contributed by atoms with E-state index in [1.165, 1.54) is 54.3 Å². The largest absolute Gasteiger partial charge is 0.496 e. The van der Waals surface area contributed by atoms with E-state index in [0.717, 1.165) is 0 Å². The van der Waals surface area contributed by atoms with Gasteiger partial charge in [-0.2, -0.15) is 0 Å². The van der Waals surface area contributed by atoms with Crippen molar-refractivity contribution in [2.45, 2.75) is 0 Å². The smallest absolute Gasteiger partial charge is 0.300 e. The number of nitro groups is 2. The summed E-state index contributed by atoms with van der Waals surface area (Å²) in [5.74, 6) is 0.269. The number of benzene rings is 3. The number of methoxy groups -OCH3 is 1. The second-order valence-electron chi connectivity index (χ2n) is 6.93. The number of H-pyrrole nitrogens is 1. The first kappa shape index (κ1) is 22.1. The van der Waals surface area contributed by atoms with Gasteiger partial charge in [-0.05, 0) is 36.4 Å². The maximum absolute atomic E-state index is 13.2. The van der Waals surface area contributed by atoms with E-state index < -0.39 is 15.4 Å². The average molecular weight is 460 g/mol. The highest BCUT2D eigenvalue weighted by Crippen LogP contribution is 2.34. The van der Waals surface area contributed by atoms with Crippen LogP contribution >= 0.6 is 0 Å². The minimum absolute atomic E-state index is 0.0766. The number of nitrogens with one attached hydrogen (secondary N) is 1. The van der Waals surface area contributed by atoms with Crippen molar-refractivity contribution in [1.29, 1.82) is 0 Å². The van der Waals surface area contributed by atoms with E-state index in [0.29, 0.717) is 11.3 Å². The van der Waals surface area contributed by atoms with Crippen LogP contribution in [0.25, 0.3) is 16.9 Å². The number of para-hydroxylation sites is 1. The van der Waals surface area contributed by atoms with Gasteiger partial charge in [-0.15, -0.1) is 10.2 Å². The molecule has 4 aromatic rings. The fraction of sp³-hybridized carbons (Fsp3) is 0.0455. The lowest BCUT2D eigenvalue weighted by molar-refractivity contribution is -0.384. The van der Waals surface area contributed by atoms with Crippen LogP contribution in [0, 0.1) is 20.2 Å².